The maximum atomic E-state index is 9.24. The van der Waals surface area contributed by atoms with Crippen LogP contribution >= 0.6 is 0 Å². The molecule has 0 aliphatic heterocycles. The van der Waals surface area contributed by atoms with Gasteiger partial charge in [-0.15, -0.1) is 0 Å². The molecule has 21 heavy (non-hydrogen) atoms. The zero-order chi connectivity index (χ0) is 14.7. The van der Waals surface area contributed by atoms with Crippen LogP contribution in [0.3, 0.4) is 0 Å². The van der Waals surface area contributed by atoms with Gasteiger partial charge in [0.1, 0.15) is 0 Å². The van der Waals surface area contributed by atoms with Crippen molar-refractivity contribution < 1.29 is 10.0 Å². The van der Waals surface area contributed by atoms with Crippen molar-refractivity contribution in [1.29, 1.82) is 0 Å². The Kier molecular flexibility index (Phi) is 3.86. The largest absolute Gasteiger partial charge is 0.488 e. The molecule has 2 N–H and O–H groups in total. The Morgan fingerprint density at radius 2 is 1.05 bits per heavy atom. The predicted octanol–water partition coefficient (Wildman–Crippen LogP) is 2.70. The number of benzene rings is 3. The minimum Gasteiger partial charge on any atom is -0.423 e. The minimum atomic E-state index is -1.44. The first-order chi connectivity index (χ1) is 10.2. The van der Waals surface area contributed by atoms with E-state index in [1.54, 1.807) is 12.1 Å². The molecule has 3 heteroatoms. The monoisotopic (exact) mass is 274 g/mol. The Hall–Kier alpha value is -2.36. The van der Waals surface area contributed by atoms with Gasteiger partial charge in [-0.1, -0.05) is 78.9 Å². The normalized spacial score (nSPS) is 10.4. The van der Waals surface area contributed by atoms with E-state index in [2.05, 4.69) is 24.3 Å². The van der Waals surface area contributed by atoms with Gasteiger partial charge in [-0.05, 0) is 27.7 Å². The van der Waals surface area contributed by atoms with Crippen LogP contribution in [0.15, 0.2) is 78.9 Å². The smallest absolute Gasteiger partial charge is 0.423 e. The summed E-state index contributed by atoms with van der Waals surface area (Å²) >= 11 is 0. The zero-order valence-electron chi connectivity index (χ0n) is 11.5. The molecular weight excluding hydrogens is 259 g/mol. The molecule has 0 saturated heterocycles. The van der Waals surface area contributed by atoms with E-state index < -0.39 is 7.12 Å². The van der Waals surface area contributed by atoms with Gasteiger partial charge in [-0.3, -0.25) is 0 Å². The van der Waals surface area contributed by atoms with E-state index in [-0.39, 0.29) is 0 Å². The van der Waals surface area contributed by atoms with Gasteiger partial charge in [0, 0.05) is 0 Å². The highest BCUT2D eigenvalue weighted by atomic mass is 16.4. The molecule has 3 rings (SSSR count). The third-order valence-electron chi connectivity index (χ3n) is 3.51. The molecule has 2 nitrogen and oxygen atoms in total. The highest BCUT2D eigenvalue weighted by molar-refractivity contribution is 6.58. The average Bonchev–Trinajstić information content (AvgIpc) is 2.56. The summed E-state index contributed by atoms with van der Waals surface area (Å²) in [4.78, 5) is 0. The highest BCUT2D eigenvalue weighted by Gasteiger charge is 2.11. The van der Waals surface area contributed by atoms with Crippen molar-refractivity contribution in [2.24, 2.45) is 0 Å². The lowest BCUT2D eigenvalue weighted by Crippen LogP contribution is -2.29. The lowest BCUT2D eigenvalue weighted by atomic mass is 9.79. The Bertz CT molecular complexity index is 722. The number of hydrogen-bond acceptors (Lipinski definition) is 2. The second-order valence-electron chi connectivity index (χ2n) is 4.94. The molecular formula is C18H15BO2. The molecule has 0 saturated carbocycles. The third kappa shape index (κ3) is 3.05. The summed E-state index contributed by atoms with van der Waals surface area (Å²) in [7, 11) is -1.44. The van der Waals surface area contributed by atoms with Gasteiger partial charge in [0.2, 0.25) is 0 Å². The summed E-state index contributed by atoms with van der Waals surface area (Å²) < 4.78 is 0. The quantitative estimate of drug-likeness (QED) is 0.721. The maximum Gasteiger partial charge on any atom is 0.488 e. The van der Waals surface area contributed by atoms with E-state index >= 15 is 0 Å². The van der Waals surface area contributed by atoms with Gasteiger partial charge >= 0.3 is 7.12 Å². The van der Waals surface area contributed by atoms with Crippen LogP contribution < -0.4 is 5.46 Å². The third-order valence-corrected chi connectivity index (χ3v) is 3.51. The van der Waals surface area contributed by atoms with Gasteiger partial charge < -0.3 is 10.0 Å². The van der Waals surface area contributed by atoms with Gasteiger partial charge in [-0.25, -0.2) is 0 Å². The summed E-state index contributed by atoms with van der Waals surface area (Å²) in [6.07, 6.45) is 0. The first-order valence-corrected chi connectivity index (χ1v) is 6.86. The van der Waals surface area contributed by atoms with Crippen LogP contribution in [0.25, 0.3) is 22.3 Å². The highest BCUT2D eigenvalue weighted by Crippen LogP contribution is 2.24. The van der Waals surface area contributed by atoms with E-state index in [1.165, 1.54) is 5.56 Å². The predicted molar refractivity (Wildman–Crippen MR) is 87.1 cm³/mol. The SMILES string of the molecule is OB(O)c1cccc(-c2ccc(-c3ccccc3)cc2)c1. The van der Waals surface area contributed by atoms with Crippen molar-refractivity contribution in [3.63, 3.8) is 0 Å². The van der Waals surface area contributed by atoms with E-state index in [4.69, 9.17) is 0 Å². The molecule has 0 aliphatic carbocycles. The lowest BCUT2D eigenvalue weighted by molar-refractivity contribution is 0.426. The fourth-order valence-corrected chi connectivity index (χ4v) is 2.36. The summed E-state index contributed by atoms with van der Waals surface area (Å²) in [5, 5.41) is 18.5. The summed E-state index contributed by atoms with van der Waals surface area (Å²) in [5.41, 5.74) is 4.87. The van der Waals surface area contributed by atoms with Crippen molar-refractivity contribution in [3.8, 4) is 22.3 Å². The van der Waals surface area contributed by atoms with Crippen LogP contribution in [0.4, 0.5) is 0 Å². The van der Waals surface area contributed by atoms with Crippen LogP contribution in [0.1, 0.15) is 0 Å². The molecule has 3 aromatic carbocycles. The molecule has 0 aliphatic rings. The minimum absolute atomic E-state index is 0.500. The molecule has 0 heterocycles. The molecule has 0 radical (unpaired) electrons. The Morgan fingerprint density at radius 3 is 1.67 bits per heavy atom. The topological polar surface area (TPSA) is 40.5 Å². The first kappa shape index (κ1) is 13.6. The Balaban J connectivity index is 1.93. The standard InChI is InChI=1S/C18H15BO2/c20-19(21)18-8-4-7-17(13-18)16-11-9-15(10-12-16)14-5-2-1-3-6-14/h1-13,20-21H. The van der Waals surface area contributed by atoms with Crippen LogP contribution in [0, 0.1) is 0 Å². The van der Waals surface area contributed by atoms with Crippen molar-refractivity contribution in [2.75, 3.05) is 0 Å². The lowest BCUT2D eigenvalue weighted by Gasteiger charge is -2.07. The fourth-order valence-electron chi connectivity index (χ4n) is 2.36. The van der Waals surface area contributed by atoms with Crippen LogP contribution in [-0.4, -0.2) is 17.2 Å². The van der Waals surface area contributed by atoms with Gasteiger partial charge in [-0.2, -0.15) is 0 Å². The molecule has 0 bridgehead atoms. The van der Waals surface area contributed by atoms with E-state index in [9.17, 15) is 10.0 Å². The molecule has 0 amide bonds. The van der Waals surface area contributed by atoms with Crippen LogP contribution in [-0.2, 0) is 0 Å². The van der Waals surface area contributed by atoms with Crippen molar-refractivity contribution in [3.05, 3.63) is 78.9 Å². The van der Waals surface area contributed by atoms with E-state index in [1.807, 2.05) is 42.5 Å². The van der Waals surface area contributed by atoms with Crippen molar-refractivity contribution >= 4 is 12.6 Å². The molecule has 102 valence electrons. The fraction of sp³-hybridized carbons (Fsp3) is 0. The second kappa shape index (κ2) is 5.96. The summed E-state index contributed by atoms with van der Waals surface area (Å²) in [5.74, 6) is 0. The molecule has 3 aromatic rings. The summed E-state index contributed by atoms with van der Waals surface area (Å²) in [6.45, 7) is 0. The molecule has 0 fully saturated rings. The van der Waals surface area contributed by atoms with E-state index in [0.29, 0.717) is 5.46 Å². The van der Waals surface area contributed by atoms with Crippen LogP contribution in [0.5, 0.6) is 0 Å². The number of rotatable bonds is 3. The van der Waals surface area contributed by atoms with Gasteiger partial charge in [0.15, 0.2) is 0 Å². The van der Waals surface area contributed by atoms with Gasteiger partial charge in [0.25, 0.3) is 0 Å². The average molecular weight is 274 g/mol. The van der Waals surface area contributed by atoms with Crippen molar-refractivity contribution in [2.45, 2.75) is 0 Å². The summed E-state index contributed by atoms with van der Waals surface area (Å²) in [6, 6.07) is 25.7. The second-order valence-corrected chi connectivity index (χ2v) is 4.94. The van der Waals surface area contributed by atoms with Crippen LogP contribution in [0.2, 0.25) is 0 Å². The number of hydrogen-bond donors (Lipinski definition) is 2. The van der Waals surface area contributed by atoms with E-state index in [0.717, 1.165) is 16.7 Å². The Morgan fingerprint density at radius 1 is 0.524 bits per heavy atom. The molecule has 0 atom stereocenters. The zero-order valence-corrected chi connectivity index (χ0v) is 11.5. The molecule has 0 aromatic heterocycles. The molecule has 0 unspecified atom stereocenters. The van der Waals surface area contributed by atoms with Crippen molar-refractivity contribution in [1.82, 2.24) is 0 Å². The Labute approximate surface area is 124 Å². The van der Waals surface area contributed by atoms with Gasteiger partial charge in [0.05, 0.1) is 0 Å². The molecule has 0 spiro atoms. The maximum absolute atomic E-state index is 9.24. The first-order valence-electron chi connectivity index (χ1n) is 6.86.